The van der Waals surface area contributed by atoms with Crippen molar-refractivity contribution in [3.8, 4) is 0 Å². The van der Waals surface area contributed by atoms with Gasteiger partial charge in [-0.25, -0.2) is 0 Å². The molecular weight excluding hydrogens is 260 g/mol. The van der Waals surface area contributed by atoms with Crippen LogP contribution in [0.5, 0.6) is 0 Å². The van der Waals surface area contributed by atoms with E-state index in [1.807, 2.05) is 31.2 Å². The van der Waals surface area contributed by atoms with Crippen LogP contribution < -0.4 is 10.6 Å². The molecule has 1 amide bonds. The Morgan fingerprint density at radius 3 is 2.58 bits per heavy atom. The molecule has 19 heavy (non-hydrogen) atoms. The highest BCUT2D eigenvalue weighted by Gasteiger charge is 2.17. The van der Waals surface area contributed by atoms with Crippen molar-refractivity contribution < 1.29 is 4.79 Å². The van der Waals surface area contributed by atoms with Crippen LogP contribution in [0.25, 0.3) is 0 Å². The Morgan fingerprint density at radius 1 is 1.21 bits per heavy atom. The lowest BCUT2D eigenvalue weighted by Gasteiger charge is -2.20. The summed E-state index contributed by atoms with van der Waals surface area (Å²) < 4.78 is 0. The van der Waals surface area contributed by atoms with Crippen LogP contribution in [0.1, 0.15) is 15.9 Å². The number of hydrogen-bond donors (Lipinski definition) is 1. The number of nitrogens with two attached hydrogens (primary N) is 1. The summed E-state index contributed by atoms with van der Waals surface area (Å²) in [4.78, 5) is 14.0. The smallest absolute Gasteiger partial charge is 0.260 e. The van der Waals surface area contributed by atoms with E-state index in [1.54, 1.807) is 30.1 Å². The SMILES string of the molecule is Cc1ccccc1N(C)C(=O)c1cc(Cl)ccc1N. The molecule has 0 fully saturated rings. The molecule has 0 aromatic heterocycles. The molecule has 0 heterocycles. The normalized spacial score (nSPS) is 10.3. The largest absolute Gasteiger partial charge is 0.398 e. The summed E-state index contributed by atoms with van der Waals surface area (Å²) in [6, 6.07) is 12.6. The molecule has 2 aromatic carbocycles. The Kier molecular flexibility index (Phi) is 3.76. The number of benzene rings is 2. The Labute approximate surface area is 117 Å². The molecule has 0 bridgehead atoms. The Hall–Kier alpha value is -2.00. The van der Waals surface area contributed by atoms with E-state index in [2.05, 4.69) is 0 Å². The topological polar surface area (TPSA) is 46.3 Å². The molecule has 0 saturated carbocycles. The minimum Gasteiger partial charge on any atom is -0.398 e. The molecule has 2 rings (SSSR count). The molecule has 0 aliphatic rings. The van der Waals surface area contributed by atoms with Gasteiger partial charge in [-0.15, -0.1) is 0 Å². The third-order valence-corrected chi connectivity index (χ3v) is 3.26. The molecule has 4 heteroatoms. The number of rotatable bonds is 2. The first-order valence-electron chi connectivity index (χ1n) is 5.89. The highest BCUT2D eigenvalue weighted by atomic mass is 35.5. The summed E-state index contributed by atoms with van der Waals surface area (Å²) in [6.45, 7) is 1.96. The second-order valence-electron chi connectivity index (χ2n) is 4.38. The number of para-hydroxylation sites is 1. The second kappa shape index (κ2) is 5.33. The van der Waals surface area contributed by atoms with Gasteiger partial charge in [-0.1, -0.05) is 29.8 Å². The van der Waals surface area contributed by atoms with Gasteiger partial charge < -0.3 is 10.6 Å². The van der Waals surface area contributed by atoms with Crippen molar-refractivity contribution >= 4 is 28.9 Å². The lowest BCUT2D eigenvalue weighted by Crippen LogP contribution is -2.27. The van der Waals surface area contributed by atoms with Crippen molar-refractivity contribution in [1.29, 1.82) is 0 Å². The summed E-state index contributed by atoms with van der Waals surface area (Å²) in [5, 5.41) is 0.496. The van der Waals surface area contributed by atoms with E-state index in [-0.39, 0.29) is 5.91 Å². The molecule has 0 aliphatic carbocycles. The van der Waals surface area contributed by atoms with Crippen LogP contribution in [0.4, 0.5) is 11.4 Å². The predicted molar refractivity (Wildman–Crippen MR) is 79.8 cm³/mol. The Balaban J connectivity index is 2.39. The minimum atomic E-state index is -0.172. The first-order valence-corrected chi connectivity index (χ1v) is 6.27. The Morgan fingerprint density at radius 2 is 1.89 bits per heavy atom. The van der Waals surface area contributed by atoms with Crippen LogP contribution in [-0.2, 0) is 0 Å². The molecule has 3 nitrogen and oxygen atoms in total. The maximum absolute atomic E-state index is 12.5. The number of hydrogen-bond acceptors (Lipinski definition) is 2. The van der Waals surface area contributed by atoms with Gasteiger partial charge in [0.1, 0.15) is 0 Å². The first kappa shape index (κ1) is 13.4. The highest BCUT2D eigenvalue weighted by molar-refractivity contribution is 6.31. The molecule has 2 aromatic rings. The van der Waals surface area contributed by atoms with E-state index in [9.17, 15) is 4.79 Å². The number of aryl methyl sites for hydroxylation is 1. The van der Waals surface area contributed by atoms with Crippen LogP contribution in [0.2, 0.25) is 5.02 Å². The molecule has 0 unspecified atom stereocenters. The number of carbonyl (C=O) groups is 1. The van der Waals surface area contributed by atoms with E-state index >= 15 is 0 Å². The highest BCUT2D eigenvalue weighted by Crippen LogP contribution is 2.24. The maximum atomic E-state index is 12.5. The van der Waals surface area contributed by atoms with Gasteiger partial charge in [0.15, 0.2) is 0 Å². The van der Waals surface area contributed by atoms with Gasteiger partial charge in [-0.2, -0.15) is 0 Å². The van der Waals surface area contributed by atoms with E-state index in [4.69, 9.17) is 17.3 Å². The van der Waals surface area contributed by atoms with Crippen molar-refractivity contribution in [2.24, 2.45) is 0 Å². The summed E-state index contributed by atoms with van der Waals surface area (Å²) in [6.07, 6.45) is 0. The van der Waals surface area contributed by atoms with Gasteiger partial charge in [-0.3, -0.25) is 4.79 Å². The van der Waals surface area contributed by atoms with E-state index in [0.29, 0.717) is 16.3 Å². The quantitative estimate of drug-likeness (QED) is 0.852. The zero-order chi connectivity index (χ0) is 14.0. The van der Waals surface area contributed by atoms with Crippen LogP contribution in [0.15, 0.2) is 42.5 Å². The number of halogens is 1. The lowest BCUT2D eigenvalue weighted by molar-refractivity contribution is 0.0993. The molecule has 98 valence electrons. The van der Waals surface area contributed by atoms with Crippen LogP contribution in [0.3, 0.4) is 0 Å². The van der Waals surface area contributed by atoms with Gasteiger partial charge in [-0.05, 0) is 36.8 Å². The average Bonchev–Trinajstić information content (AvgIpc) is 2.40. The fraction of sp³-hybridized carbons (Fsp3) is 0.133. The monoisotopic (exact) mass is 274 g/mol. The summed E-state index contributed by atoms with van der Waals surface area (Å²) in [7, 11) is 1.73. The number of carbonyl (C=O) groups excluding carboxylic acids is 1. The van der Waals surface area contributed by atoms with Crippen molar-refractivity contribution in [3.63, 3.8) is 0 Å². The van der Waals surface area contributed by atoms with Crippen LogP contribution in [-0.4, -0.2) is 13.0 Å². The van der Waals surface area contributed by atoms with Crippen molar-refractivity contribution in [3.05, 3.63) is 58.6 Å². The molecule has 0 saturated heterocycles. The zero-order valence-corrected chi connectivity index (χ0v) is 11.6. The first-order chi connectivity index (χ1) is 9.00. The van der Waals surface area contributed by atoms with E-state index < -0.39 is 0 Å². The van der Waals surface area contributed by atoms with Crippen molar-refractivity contribution in [1.82, 2.24) is 0 Å². The van der Waals surface area contributed by atoms with E-state index in [1.165, 1.54) is 0 Å². The average molecular weight is 275 g/mol. The summed E-state index contributed by atoms with van der Waals surface area (Å²) in [5.41, 5.74) is 8.56. The Bertz CT molecular complexity index is 625. The predicted octanol–water partition coefficient (Wildman–Crippen LogP) is 3.51. The summed E-state index contributed by atoms with van der Waals surface area (Å²) >= 11 is 5.92. The molecule has 0 spiro atoms. The number of amides is 1. The standard InChI is InChI=1S/C15H15ClN2O/c1-10-5-3-4-6-14(10)18(2)15(19)12-9-11(16)7-8-13(12)17/h3-9H,17H2,1-2H3. The number of nitrogen functional groups attached to an aromatic ring is 1. The molecule has 0 aliphatic heterocycles. The zero-order valence-electron chi connectivity index (χ0n) is 10.9. The number of anilines is 2. The van der Waals surface area contributed by atoms with Crippen LogP contribution >= 0.6 is 11.6 Å². The molecular formula is C15H15ClN2O. The van der Waals surface area contributed by atoms with Gasteiger partial charge in [0.05, 0.1) is 5.56 Å². The van der Waals surface area contributed by atoms with Crippen molar-refractivity contribution in [2.75, 3.05) is 17.7 Å². The fourth-order valence-corrected chi connectivity index (χ4v) is 2.12. The van der Waals surface area contributed by atoms with E-state index in [0.717, 1.165) is 11.3 Å². The lowest BCUT2D eigenvalue weighted by atomic mass is 10.1. The molecule has 0 radical (unpaired) electrons. The van der Waals surface area contributed by atoms with Crippen LogP contribution in [0, 0.1) is 6.92 Å². The number of nitrogens with zero attached hydrogens (tertiary/aromatic N) is 1. The third-order valence-electron chi connectivity index (χ3n) is 3.03. The second-order valence-corrected chi connectivity index (χ2v) is 4.82. The minimum absolute atomic E-state index is 0.172. The fourth-order valence-electron chi connectivity index (χ4n) is 1.94. The molecule has 2 N–H and O–H groups in total. The third kappa shape index (κ3) is 2.71. The van der Waals surface area contributed by atoms with Gasteiger partial charge in [0, 0.05) is 23.4 Å². The maximum Gasteiger partial charge on any atom is 0.260 e. The molecule has 0 atom stereocenters. The van der Waals surface area contributed by atoms with Gasteiger partial charge >= 0.3 is 0 Å². The summed E-state index contributed by atoms with van der Waals surface area (Å²) in [5.74, 6) is -0.172. The van der Waals surface area contributed by atoms with Gasteiger partial charge in [0.25, 0.3) is 5.91 Å². The van der Waals surface area contributed by atoms with Crippen molar-refractivity contribution in [2.45, 2.75) is 6.92 Å². The van der Waals surface area contributed by atoms with Gasteiger partial charge in [0.2, 0.25) is 0 Å².